The third-order valence-corrected chi connectivity index (χ3v) is 5.05. The summed E-state index contributed by atoms with van der Waals surface area (Å²) in [6.45, 7) is 4.25. The molecule has 0 aliphatic carbocycles. The lowest BCUT2D eigenvalue weighted by Crippen LogP contribution is -2.48. The Balaban J connectivity index is 1.35. The highest BCUT2D eigenvalue weighted by molar-refractivity contribution is 5.94. The lowest BCUT2D eigenvalue weighted by Gasteiger charge is -2.34. The third kappa shape index (κ3) is 4.23. The highest BCUT2D eigenvalue weighted by Crippen LogP contribution is 2.20. The second-order valence-corrected chi connectivity index (χ2v) is 6.87. The molecule has 0 unspecified atom stereocenters. The molecule has 0 saturated carbocycles. The molecule has 1 aliphatic heterocycles. The summed E-state index contributed by atoms with van der Waals surface area (Å²) < 4.78 is 0. The van der Waals surface area contributed by atoms with Crippen molar-refractivity contribution in [2.75, 3.05) is 26.2 Å². The number of hydrogen-bond acceptors (Lipinski definition) is 3. The molecule has 2 heterocycles. The van der Waals surface area contributed by atoms with Crippen LogP contribution in [0.5, 0.6) is 0 Å². The normalized spacial score (nSPS) is 14.9. The van der Waals surface area contributed by atoms with Crippen LogP contribution in [0, 0.1) is 0 Å². The summed E-state index contributed by atoms with van der Waals surface area (Å²) in [6, 6.07) is 22.3. The number of aromatic nitrogens is 1. The van der Waals surface area contributed by atoms with Crippen molar-refractivity contribution >= 4 is 5.91 Å². The van der Waals surface area contributed by atoms with Gasteiger partial charge in [-0.3, -0.25) is 14.7 Å². The van der Waals surface area contributed by atoms with Crippen molar-refractivity contribution in [2.24, 2.45) is 0 Å². The molecule has 1 amide bonds. The summed E-state index contributed by atoms with van der Waals surface area (Å²) in [5, 5.41) is 0. The first-order chi connectivity index (χ1) is 13.3. The summed E-state index contributed by atoms with van der Waals surface area (Å²) >= 11 is 0. The van der Waals surface area contributed by atoms with Crippen LogP contribution < -0.4 is 0 Å². The second-order valence-electron chi connectivity index (χ2n) is 6.87. The smallest absolute Gasteiger partial charge is 0.253 e. The quantitative estimate of drug-likeness (QED) is 0.714. The van der Waals surface area contributed by atoms with Crippen LogP contribution in [0.15, 0.2) is 79.1 Å². The molecule has 2 aromatic carbocycles. The van der Waals surface area contributed by atoms with Crippen LogP contribution in [-0.2, 0) is 6.54 Å². The van der Waals surface area contributed by atoms with E-state index in [0.29, 0.717) is 0 Å². The molecule has 1 aliphatic rings. The number of pyridine rings is 1. The van der Waals surface area contributed by atoms with Gasteiger partial charge in [0, 0.05) is 50.7 Å². The van der Waals surface area contributed by atoms with Crippen LogP contribution in [0.2, 0.25) is 0 Å². The van der Waals surface area contributed by atoms with E-state index in [9.17, 15) is 4.79 Å². The van der Waals surface area contributed by atoms with Gasteiger partial charge in [-0.1, -0.05) is 42.5 Å². The van der Waals surface area contributed by atoms with Gasteiger partial charge in [0.1, 0.15) is 0 Å². The minimum atomic E-state index is 0.123. The van der Waals surface area contributed by atoms with E-state index in [2.05, 4.69) is 22.0 Å². The molecule has 136 valence electrons. The minimum absolute atomic E-state index is 0.123. The molecule has 27 heavy (non-hydrogen) atoms. The van der Waals surface area contributed by atoms with Crippen LogP contribution in [0.1, 0.15) is 15.9 Å². The molecular weight excluding hydrogens is 334 g/mol. The van der Waals surface area contributed by atoms with Gasteiger partial charge >= 0.3 is 0 Å². The number of rotatable bonds is 4. The Morgan fingerprint density at radius 2 is 1.41 bits per heavy atom. The topological polar surface area (TPSA) is 36.4 Å². The molecule has 0 spiro atoms. The zero-order valence-electron chi connectivity index (χ0n) is 15.3. The summed E-state index contributed by atoms with van der Waals surface area (Å²) in [5.74, 6) is 0.123. The third-order valence-electron chi connectivity index (χ3n) is 5.05. The van der Waals surface area contributed by atoms with Crippen molar-refractivity contribution in [3.05, 3.63) is 90.3 Å². The van der Waals surface area contributed by atoms with E-state index < -0.39 is 0 Å². The van der Waals surface area contributed by atoms with Crippen LogP contribution in [0.4, 0.5) is 0 Å². The maximum atomic E-state index is 12.8. The number of hydrogen-bond donors (Lipinski definition) is 0. The molecule has 0 N–H and O–H groups in total. The standard InChI is InChI=1S/C23H23N3O/c27-23(22-8-6-21(7-9-22)20-4-2-1-3-5-20)26-16-14-25(15-17-26)18-19-10-12-24-13-11-19/h1-13H,14-18H2. The number of carbonyl (C=O) groups is 1. The number of piperazine rings is 1. The van der Waals surface area contributed by atoms with Crippen LogP contribution in [-0.4, -0.2) is 46.9 Å². The first kappa shape index (κ1) is 17.4. The molecule has 1 saturated heterocycles. The summed E-state index contributed by atoms with van der Waals surface area (Å²) in [7, 11) is 0. The molecule has 4 heteroatoms. The highest BCUT2D eigenvalue weighted by atomic mass is 16.2. The van der Waals surface area contributed by atoms with Crippen molar-refractivity contribution in [1.82, 2.24) is 14.8 Å². The van der Waals surface area contributed by atoms with Gasteiger partial charge in [0.05, 0.1) is 0 Å². The molecule has 1 aromatic heterocycles. The Hall–Kier alpha value is -2.98. The highest BCUT2D eigenvalue weighted by Gasteiger charge is 2.22. The first-order valence-corrected chi connectivity index (χ1v) is 9.35. The van der Waals surface area contributed by atoms with Gasteiger partial charge in [-0.2, -0.15) is 0 Å². The van der Waals surface area contributed by atoms with Crippen molar-refractivity contribution in [1.29, 1.82) is 0 Å². The SMILES string of the molecule is O=C(c1ccc(-c2ccccc2)cc1)N1CCN(Cc2ccncc2)CC1. The lowest BCUT2D eigenvalue weighted by molar-refractivity contribution is 0.0628. The van der Waals surface area contributed by atoms with Crippen molar-refractivity contribution in [3.8, 4) is 11.1 Å². The minimum Gasteiger partial charge on any atom is -0.336 e. The number of benzene rings is 2. The van der Waals surface area contributed by atoms with Crippen molar-refractivity contribution < 1.29 is 4.79 Å². The van der Waals surface area contributed by atoms with Gasteiger partial charge in [0.2, 0.25) is 0 Å². The maximum absolute atomic E-state index is 12.8. The van der Waals surface area contributed by atoms with E-state index >= 15 is 0 Å². The number of nitrogens with zero attached hydrogens (tertiary/aromatic N) is 3. The van der Waals surface area contributed by atoms with E-state index in [1.807, 2.05) is 71.9 Å². The van der Waals surface area contributed by atoms with Gasteiger partial charge in [-0.15, -0.1) is 0 Å². The Kier molecular flexibility index (Phi) is 5.26. The van der Waals surface area contributed by atoms with Crippen molar-refractivity contribution in [2.45, 2.75) is 6.54 Å². The summed E-state index contributed by atoms with van der Waals surface area (Å²) in [6.07, 6.45) is 3.66. The predicted molar refractivity (Wildman–Crippen MR) is 107 cm³/mol. The van der Waals surface area contributed by atoms with Crippen LogP contribution >= 0.6 is 0 Å². The Morgan fingerprint density at radius 3 is 2.07 bits per heavy atom. The fourth-order valence-electron chi connectivity index (χ4n) is 3.47. The van der Waals surface area contributed by atoms with Gasteiger partial charge in [-0.25, -0.2) is 0 Å². The van der Waals surface area contributed by atoms with Crippen molar-refractivity contribution in [3.63, 3.8) is 0 Å². The van der Waals surface area contributed by atoms with Gasteiger partial charge in [0.25, 0.3) is 5.91 Å². The molecule has 4 rings (SSSR count). The zero-order valence-corrected chi connectivity index (χ0v) is 15.3. The summed E-state index contributed by atoms with van der Waals surface area (Å²) in [5.41, 5.74) is 4.33. The largest absolute Gasteiger partial charge is 0.336 e. The second kappa shape index (κ2) is 8.14. The van der Waals surface area contributed by atoms with Gasteiger partial charge < -0.3 is 4.90 Å². The molecule has 1 fully saturated rings. The fourth-order valence-corrected chi connectivity index (χ4v) is 3.47. The molecule has 0 bridgehead atoms. The van der Waals surface area contributed by atoms with E-state index in [0.717, 1.165) is 43.9 Å². The molecule has 3 aromatic rings. The van der Waals surface area contributed by atoms with E-state index in [4.69, 9.17) is 0 Å². The Bertz CT molecular complexity index is 871. The molecule has 0 atom stereocenters. The lowest BCUT2D eigenvalue weighted by atomic mass is 10.0. The molecular formula is C23H23N3O. The van der Waals surface area contributed by atoms with E-state index in [1.54, 1.807) is 0 Å². The average Bonchev–Trinajstić information content (AvgIpc) is 2.75. The zero-order chi connectivity index (χ0) is 18.5. The van der Waals surface area contributed by atoms with Gasteiger partial charge in [-0.05, 0) is 41.0 Å². The monoisotopic (exact) mass is 357 g/mol. The molecule has 4 nitrogen and oxygen atoms in total. The summed E-state index contributed by atoms with van der Waals surface area (Å²) in [4.78, 5) is 21.2. The Morgan fingerprint density at radius 1 is 0.778 bits per heavy atom. The molecule has 0 radical (unpaired) electrons. The Labute approximate surface area is 160 Å². The maximum Gasteiger partial charge on any atom is 0.253 e. The first-order valence-electron chi connectivity index (χ1n) is 9.35. The number of amides is 1. The van der Waals surface area contributed by atoms with Crippen LogP contribution in [0.3, 0.4) is 0 Å². The van der Waals surface area contributed by atoms with Gasteiger partial charge in [0.15, 0.2) is 0 Å². The fraction of sp³-hybridized carbons (Fsp3) is 0.217. The van der Waals surface area contributed by atoms with E-state index in [-0.39, 0.29) is 5.91 Å². The average molecular weight is 357 g/mol. The van der Waals surface area contributed by atoms with Crippen LogP contribution in [0.25, 0.3) is 11.1 Å². The van der Waals surface area contributed by atoms with E-state index in [1.165, 1.54) is 11.1 Å². The number of carbonyl (C=O) groups excluding carboxylic acids is 1. The predicted octanol–water partition coefficient (Wildman–Crippen LogP) is 3.71.